The summed E-state index contributed by atoms with van der Waals surface area (Å²) in [6, 6.07) is 6.26. The van der Waals surface area contributed by atoms with Crippen molar-refractivity contribution in [3.05, 3.63) is 27.1 Å². The van der Waals surface area contributed by atoms with Crippen LogP contribution in [0.5, 0.6) is 0 Å². The van der Waals surface area contributed by atoms with Crippen LogP contribution in [0.3, 0.4) is 0 Å². The highest BCUT2D eigenvalue weighted by atomic mass is 79.9. The van der Waals surface area contributed by atoms with Gasteiger partial charge in [0, 0.05) is 34.8 Å². The van der Waals surface area contributed by atoms with Gasteiger partial charge in [-0.3, -0.25) is 0 Å². The summed E-state index contributed by atoms with van der Waals surface area (Å²) in [6.45, 7) is 1.99. The lowest BCUT2D eigenvalue weighted by Crippen LogP contribution is -2.26. The number of anilines is 1. The van der Waals surface area contributed by atoms with Crippen molar-refractivity contribution in [1.29, 1.82) is 0 Å². The summed E-state index contributed by atoms with van der Waals surface area (Å²) in [7, 11) is 4.05. The summed E-state index contributed by atoms with van der Waals surface area (Å²) >= 11 is 6.95. The first-order chi connectivity index (χ1) is 6.65. The van der Waals surface area contributed by atoms with Crippen molar-refractivity contribution in [3.8, 4) is 0 Å². The Bertz CT molecular complexity index is 302. The van der Waals surface area contributed by atoms with Crippen molar-refractivity contribution in [1.82, 2.24) is 5.32 Å². The lowest BCUT2D eigenvalue weighted by molar-refractivity contribution is 0.768. The van der Waals surface area contributed by atoms with E-state index >= 15 is 0 Å². The number of nitrogens with one attached hydrogen (secondary N) is 1. The molecule has 0 radical (unpaired) electrons. The number of halogens is 2. The highest BCUT2D eigenvalue weighted by molar-refractivity contribution is 9.13. The van der Waals surface area contributed by atoms with Gasteiger partial charge >= 0.3 is 0 Å². The molecular formula is C10H14Br2N2. The first kappa shape index (κ1) is 12.0. The minimum absolute atomic E-state index is 0.990. The molecular weight excluding hydrogens is 308 g/mol. The second kappa shape index (κ2) is 5.73. The lowest BCUT2D eigenvalue weighted by Gasteiger charge is -2.19. The second-order valence-corrected chi connectivity index (χ2v) is 4.83. The van der Waals surface area contributed by atoms with Crippen LogP contribution >= 0.6 is 31.9 Å². The van der Waals surface area contributed by atoms with Gasteiger partial charge in [0.2, 0.25) is 0 Å². The molecule has 4 heteroatoms. The van der Waals surface area contributed by atoms with Crippen LogP contribution in [0.4, 0.5) is 5.69 Å². The highest BCUT2D eigenvalue weighted by Crippen LogP contribution is 2.27. The molecule has 0 aliphatic carbocycles. The van der Waals surface area contributed by atoms with Gasteiger partial charge in [0.05, 0.1) is 0 Å². The Kier molecular flexibility index (Phi) is 4.92. The fourth-order valence-electron chi connectivity index (χ4n) is 1.13. The van der Waals surface area contributed by atoms with E-state index in [0.717, 1.165) is 22.0 Å². The molecule has 0 aliphatic rings. The molecule has 1 aromatic rings. The van der Waals surface area contributed by atoms with Crippen molar-refractivity contribution in [2.45, 2.75) is 0 Å². The fourth-order valence-corrected chi connectivity index (χ4v) is 1.74. The third-order valence-corrected chi connectivity index (χ3v) is 3.92. The third kappa shape index (κ3) is 3.26. The molecule has 14 heavy (non-hydrogen) atoms. The minimum atomic E-state index is 0.990. The molecule has 1 rings (SSSR count). The molecule has 0 spiro atoms. The first-order valence-corrected chi connectivity index (χ1v) is 6.04. The Balaban J connectivity index is 2.70. The Morgan fingerprint density at radius 2 is 2.00 bits per heavy atom. The van der Waals surface area contributed by atoms with Crippen molar-refractivity contribution in [3.63, 3.8) is 0 Å². The largest absolute Gasteiger partial charge is 0.373 e. The Labute approximate surface area is 102 Å². The van der Waals surface area contributed by atoms with E-state index in [1.807, 2.05) is 7.05 Å². The molecule has 2 nitrogen and oxygen atoms in total. The van der Waals surface area contributed by atoms with Crippen molar-refractivity contribution < 1.29 is 0 Å². The van der Waals surface area contributed by atoms with Crippen LogP contribution in [-0.2, 0) is 0 Å². The van der Waals surface area contributed by atoms with Crippen molar-refractivity contribution in [2.24, 2.45) is 0 Å². The summed E-state index contributed by atoms with van der Waals surface area (Å²) < 4.78 is 2.18. The minimum Gasteiger partial charge on any atom is -0.373 e. The van der Waals surface area contributed by atoms with Gasteiger partial charge in [0.25, 0.3) is 0 Å². The Morgan fingerprint density at radius 1 is 1.29 bits per heavy atom. The smallest absolute Gasteiger partial charge is 0.0376 e. The van der Waals surface area contributed by atoms with Crippen LogP contribution in [-0.4, -0.2) is 27.2 Å². The molecule has 0 unspecified atom stereocenters. The Morgan fingerprint density at radius 3 is 2.57 bits per heavy atom. The number of nitrogens with zero attached hydrogens (tertiary/aromatic N) is 1. The zero-order valence-corrected chi connectivity index (χ0v) is 11.5. The van der Waals surface area contributed by atoms with E-state index in [-0.39, 0.29) is 0 Å². The predicted octanol–water partition coefficient (Wildman–Crippen LogP) is 2.87. The zero-order chi connectivity index (χ0) is 10.6. The maximum Gasteiger partial charge on any atom is 0.0376 e. The molecule has 0 heterocycles. The molecule has 0 saturated carbocycles. The monoisotopic (exact) mass is 320 g/mol. The number of benzene rings is 1. The van der Waals surface area contributed by atoms with Crippen LogP contribution in [0.15, 0.2) is 27.1 Å². The third-order valence-electron chi connectivity index (χ3n) is 2.04. The van der Waals surface area contributed by atoms with E-state index in [1.54, 1.807) is 0 Å². The molecule has 1 aromatic carbocycles. The van der Waals surface area contributed by atoms with E-state index in [1.165, 1.54) is 5.69 Å². The molecule has 1 N–H and O–H groups in total. The maximum atomic E-state index is 3.49. The van der Waals surface area contributed by atoms with Crippen LogP contribution in [0.1, 0.15) is 0 Å². The summed E-state index contributed by atoms with van der Waals surface area (Å²) in [4.78, 5) is 2.22. The molecule has 0 saturated heterocycles. The summed E-state index contributed by atoms with van der Waals surface area (Å²) in [5.41, 5.74) is 1.22. The van der Waals surface area contributed by atoms with Crippen LogP contribution in [0.2, 0.25) is 0 Å². The van der Waals surface area contributed by atoms with Gasteiger partial charge in [-0.2, -0.15) is 0 Å². The molecule has 0 bridgehead atoms. The van der Waals surface area contributed by atoms with Gasteiger partial charge in [0.15, 0.2) is 0 Å². The average molecular weight is 322 g/mol. The van der Waals surface area contributed by atoms with E-state index in [2.05, 4.69) is 67.3 Å². The number of hydrogen-bond donors (Lipinski definition) is 1. The van der Waals surface area contributed by atoms with Crippen LogP contribution < -0.4 is 10.2 Å². The molecule has 0 amide bonds. The van der Waals surface area contributed by atoms with Gasteiger partial charge in [-0.05, 0) is 57.1 Å². The molecule has 0 aliphatic heterocycles. The van der Waals surface area contributed by atoms with E-state index in [4.69, 9.17) is 0 Å². The van der Waals surface area contributed by atoms with Gasteiger partial charge in [-0.1, -0.05) is 0 Å². The summed E-state index contributed by atoms with van der Waals surface area (Å²) in [5, 5.41) is 3.13. The molecule has 0 aromatic heterocycles. The van der Waals surface area contributed by atoms with Gasteiger partial charge < -0.3 is 10.2 Å². The van der Waals surface area contributed by atoms with Crippen molar-refractivity contribution in [2.75, 3.05) is 32.1 Å². The summed E-state index contributed by atoms with van der Waals surface area (Å²) in [5.74, 6) is 0. The zero-order valence-electron chi connectivity index (χ0n) is 8.35. The number of hydrogen-bond acceptors (Lipinski definition) is 2. The average Bonchev–Trinajstić information content (AvgIpc) is 2.18. The predicted molar refractivity (Wildman–Crippen MR) is 69.0 cm³/mol. The first-order valence-electron chi connectivity index (χ1n) is 4.46. The van der Waals surface area contributed by atoms with Crippen LogP contribution in [0, 0.1) is 0 Å². The maximum absolute atomic E-state index is 3.49. The molecule has 0 fully saturated rings. The van der Waals surface area contributed by atoms with E-state index in [9.17, 15) is 0 Å². The number of likely N-dealkylation sites (N-methyl/N-ethyl adjacent to an activating group) is 2. The van der Waals surface area contributed by atoms with Crippen LogP contribution in [0.25, 0.3) is 0 Å². The second-order valence-electron chi connectivity index (χ2n) is 3.12. The van der Waals surface area contributed by atoms with Gasteiger partial charge in [-0.15, -0.1) is 0 Å². The standard InChI is InChI=1S/C10H14Br2N2/c1-13-5-6-14(2)8-3-4-9(11)10(12)7-8/h3-4,7,13H,5-6H2,1-2H3. The fraction of sp³-hybridized carbons (Fsp3) is 0.400. The van der Waals surface area contributed by atoms with Crippen molar-refractivity contribution >= 4 is 37.5 Å². The number of rotatable bonds is 4. The topological polar surface area (TPSA) is 15.3 Å². The van der Waals surface area contributed by atoms with E-state index in [0.29, 0.717) is 0 Å². The molecule has 0 atom stereocenters. The van der Waals surface area contributed by atoms with Gasteiger partial charge in [0.1, 0.15) is 0 Å². The summed E-state index contributed by atoms with van der Waals surface area (Å²) in [6.07, 6.45) is 0. The Hall–Kier alpha value is -0.0600. The lowest BCUT2D eigenvalue weighted by atomic mass is 10.3. The van der Waals surface area contributed by atoms with E-state index < -0.39 is 0 Å². The SMILES string of the molecule is CNCCN(C)c1ccc(Br)c(Br)c1. The van der Waals surface area contributed by atoms with Gasteiger partial charge in [-0.25, -0.2) is 0 Å². The quantitative estimate of drug-likeness (QED) is 0.917. The molecule has 78 valence electrons. The highest BCUT2D eigenvalue weighted by Gasteiger charge is 2.02. The normalized spacial score (nSPS) is 10.3.